The Bertz CT molecular complexity index is 563. The number of rotatable bonds is 3. The molecule has 1 aliphatic carbocycles. The minimum absolute atomic E-state index is 0.0714. The number of amides is 1. The van der Waals surface area contributed by atoms with Gasteiger partial charge in [-0.1, -0.05) is 0 Å². The number of primary amides is 1. The maximum Gasteiger partial charge on any atom is 0.220 e. The van der Waals surface area contributed by atoms with E-state index in [-0.39, 0.29) is 17.4 Å². The summed E-state index contributed by atoms with van der Waals surface area (Å²) in [6.07, 6.45) is 8.06. The fraction of sp³-hybridized carbons (Fsp3) is 0.647. The van der Waals surface area contributed by atoms with Crippen molar-refractivity contribution < 1.29 is 4.79 Å². The Labute approximate surface area is 131 Å². The second-order valence-electron chi connectivity index (χ2n) is 7.19. The summed E-state index contributed by atoms with van der Waals surface area (Å²) in [5.74, 6) is 1.38. The molecule has 3 aliphatic rings. The number of anilines is 1. The largest absolute Gasteiger partial charge is 0.370 e. The lowest BCUT2D eigenvalue weighted by Gasteiger charge is -2.31. The van der Waals surface area contributed by atoms with E-state index in [1.807, 2.05) is 18.5 Å². The van der Waals surface area contributed by atoms with Gasteiger partial charge in [-0.3, -0.25) is 9.78 Å². The molecule has 0 radical (unpaired) electrons. The Balaban J connectivity index is 1.40. The predicted octanol–water partition coefficient (Wildman–Crippen LogP) is 1.15. The molecule has 3 unspecified atom stereocenters. The van der Waals surface area contributed by atoms with Crippen LogP contribution in [0.4, 0.5) is 5.69 Å². The van der Waals surface area contributed by atoms with E-state index >= 15 is 0 Å². The van der Waals surface area contributed by atoms with E-state index < -0.39 is 0 Å². The van der Waals surface area contributed by atoms with Crippen molar-refractivity contribution >= 4 is 11.6 Å². The topological polar surface area (TPSA) is 71.2 Å². The number of pyridine rings is 1. The smallest absolute Gasteiger partial charge is 0.220 e. The molecule has 4 rings (SSSR count). The van der Waals surface area contributed by atoms with Crippen LogP contribution < -0.4 is 16.0 Å². The normalized spacial score (nSPS) is 37.5. The highest BCUT2D eigenvalue weighted by molar-refractivity contribution is 5.77. The van der Waals surface area contributed by atoms with Crippen molar-refractivity contribution in [3.05, 3.63) is 24.5 Å². The van der Waals surface area contributed by atoms with E-state index in [0.29, 0.717) is 5.92 Å². The second-order valence-corrected chi connectivity index (χ2v) is 7.19. The number of piperidine rings is 1. The Hall–Kier alpha value is -1.62. The van der Waals surface area contributed by atoms with Gasteiger partial charge < -0.3 is 16.0 Å². The molecule has 3 heterocycles. The lowest BCUT2D eigenvalue weighted by Crippen LogP contribution is -2.46. The highest BCUT2D eigenvalue weighted by atomic mass is 16.1. The summed E-state index contributed by atoms with van der Waals surface area (Å²) in [5.41, 5.74) is 6.96. The molecule has 118 valence electrons. The van der Waals surface area contributed by atoms with Crippen molar-refractivity contribution in [2.24, 2.45) is 23.5 Å². The zero-order valence-corrected chi connectivity index (χ0v) is 12.9. The van der Waals surface area contributed by atoms with Crippen molar-refractivity contribution in [1.29, 1.82) is 0 Å². The van der Waals surface area contributed by atoms with Crippen molar-refractivity contribution in [1.82, 2.24) is 10.3 Å². The van der Waals surface area contributed by atoms with Crippen LogP contribution in [-0.2, 0) is 4.79 Å². The van der Waals surface area contributed by atoms with Crippen LogP contribution in [0.2, 0.25) is 0 Å². The molecule has 0 aromatic carbocycles. The first kappa shape index (κ1) is 14.0. The molecule has 22 heavy (non-hydrogen) atoms. The molecule has 1 spiro atoms. The van der Waals surface area contributed by atoms with Crippen LogP contribution in [0.1, 0.15) is 25.7 Å². The Morgan fingerprint density at radius 2 is 2.32 bits per heavy atom. The fourth-order valence-corrected chi connectivity index (χ4v) is 4.63. The predicted molar refractivity (Wildman–Crippen MR) is 85.3 cm³/mol. The van der Waals surface area contributed by atoms with Crippen LogP contribution in [0.3, 0.4) is 0 Å². The third kappa shape index (κ3) is 2.37. The lowest BCUT2D eigenvalue weighted by molar-refractivity contribution is -0.123. The number of nitrogens with one attached hydrogen (secondary N) is 1. The number of nitrogens with zero attached hydrogens (tertiary/aromatic N) is 2. The third-order valence-corrected chi connectivity index (χ3v) is 5.92. The zero-order chi connectivity index (χ0) is 15.2. The fourth-order valence-electron chi connectivity index (χ4n) is 4.63. The molecular weight excluding hydrogens is 276 g/mol. The van der Waals surface area contributed by atoms with Crippen LogP contribution in [0.15, 0.2) is 24.5 Å². The highest BCUT2D eigenvalue weighted by Gasteiger charge is 2.59. The molecule has 5 heteroatoms. The van der Waals surface area contributed by atoms with Gasteiger partial charge in [-0.2, -0.15) is 0 Å². The summed E-state index contributed by atoms with van der Waals surface area (Å²) in [5, 5.41) is 3.70. The summed E-state index contributed by atoms with van der Waals surface area (Å²) in [6.45, 7) is 3.16. The third-order valence-electron chi connectivity index (χ3n) is 5.92. The number of hydrogen-bond acceptors (Lipinski definition) is 4. The van der Waals surface area contributed by atoms with Gasteiger partial charge >= 0.3 is 0 Å². The first-order valence-electron chi connectivity index (χ1n) is 8.37. The minimum Gasteiger partial charge on any atom is -0.370 e. The first-order chi connectivity index (χ1) is 10.7. The first-order valence-corrected chi connectivity index (χ1v) is 8.37. The number of aromatic nitrogens is 1. The van der Waals surface area contributed by atoms with E-state index in [4.69, 9.17) is 5.73 Å². The zero-order valence-electron chi connectivity index (χ0n) is 12.9. The number of carbonyl (C=O) groups is 1. The van der Waals surface area contributed by atoms with Crippen LogP contribution in [0.5, 0.6) is 0 Å². The van der Waals surface area contributed by atoms with Gasteiger partial charge in [0.05, 0.1) is 11.9 Å². The van der Waals surface area contributed by atoms with Gasteiger partial charge in [0.25, 0.3) is 0 Å². The number of hydrogen-bond donors (Lipinski definition) is 2. The Kier molecular flexibility index (Phi) is 3.33. The molecule has 1 aromatic rings. The molecule has 0 bridgehead atoms. The van der Waals surface area contributed by atoms with E-state index in [1.54, 1.807) is 0 Å². The van der Waals surface area contributed by atoms with E-state index in [9.17, 15) is 4.79 Å². The van der Waals surface area contributed by atoms with Crippen LogP contribution in [0, 0.1) is 17.8 Å². The lowest BCUT2D eigenvalue weighted by atomic mass is 9.86. The monoisotopic (exact) mass is 300 g/mol. The van der Waals surface area contributed by atoms with Gasteiger partial charge in [0.2, 0.25) is 5.91 Å². The minimum atomic E-state index is -0.116. The van der Waals surface area contributed by atoms with Gasteiger partial charge in [-0.15, -0.1) is 0 Å². The van der Waals surface area contributed by atoms with E-state index in [1.165, 1.54) is 18.5 Å². The van der Waals surface area contributed by atoms with Crippen molar-refractivity contribution in [3.63, 3.8) is 0 Å². The van der Waals surface area contributed by atoms with Crippen molar-refractivity contribution in [2.75, 3.05) is 24.5 Å². The second kappa shape index (κ2) is 5.23. The molecule has 1 amide bonds. The number of nitrogens with two attached hydrogens (primary N) is 1. The summed E-state index contributed by atoms with van der Waals surface area (Å²) in [4.78, 5) is 18.2. The Morgan fingerprint density at radius 3 is 3.09 bits per heavy atom. The maximum atomic E-state index is 11.5. The standard InChI is InChI=1S/C17H24N4O/c18-16(22)12-3-6-20-17(8-12)9-15(17)13-4-7-21(11-13)14-2-1-5-19-10-14/h1-2,5,10,12-13,15,20H,3-4,6-9,11H2,(H2,18,22)/t12?,13-,15?,17?/m1/s1. The average Bonchev–Trinajstić information content (AvgIpc) is 3.00. The maximum absolute atomic E-state index is 11.5. The summed E-state index contributed by atoms with van der Waals surface area (Å²) >= 11 is 0. The quantitative estimate of drug-likeness (QED) is 0.878. The SMILES string of the molecule is NC(=O)C1CCNC2(C1)CC2[C@@H]1CCN(c2cccnc2)C1. The molecule has 1 aromatic heterocycles. The molecule has 2 aliphatic heterocycles. The molecule has 3 fully saturated rings. The Morgan fingerprint density at radius 1 is 1.41 bits per heavy atom. The summed E-state index contributed by atoms with van der Waals surface area (Å²) < 4.78 is 0. The van der Waals surface area contributed by atoms with Gasteiger partial charge in [-0.25, -0.2) is 0 Å². The van der Waals surface area contributed by atoms with Crippen molar-refractivity contribution in [3.8, 4) is 0 Å². The van der Waals surface area contributed by atoms with Crippen LogP contribution >= 0.6 is 0 Å². The van der Waals surface area contributed by atoms with Gasteiger partial charge in [-0.05, 0) is 56.2 Å². The molecule has 3 N–H and O–H groups in total. The van der Waals surface area contributed by atoms with Crippen molar-refractivity contribution in [2.45, 2.75) is 31.2 Å². The molecular formula is C17H24N4O. The number of carbonyl (C=O) groups excluding carboxylic acids is 1. The van der Waals surface area contributed by atoms with E-state index in [0.717, 1.165) is 38.4 Å². The van der Waals surface area contributed by atoms with Gasteiger partial charge in [0.1, 0.15) is 0 Å². The molecule has 5 nitrogen and oxygen atoms in total. The highest BCUT2D eigenvalue weighted by Crippen LogP contribution is 2.55. The van der Waals surface area contributed by atoms with E-state index in [2.05, 4.69) is 21.3 Å². The average molecular weight is 300 g/mol. The van der Waals surface area contributed by atoms with Gasteiger partial charge in [0.15, 0.2) is 0 Å². The van der Waals surface area contributed by atoms with Crippen LogP contribution in [0.25, 0.3) is 0 Å². The molecule has 2 saturated heterocycles. The summed E-state index contributed by atoms with van der Waals surface area (Å²) in [6, 6.07) is 4.14. The van der Waals surface area contributed by atoms with Gasteiger partial charge in [0, 0.05) is 30.7 Å². The summed E-state index contributed by atoms with van der Waals surface area (Å²) in [7, 11) is 0. The van der Waals surface area contributed by atoms with Crippen LogP contribution in [-0.4, -0.2) is 36.1 Å². The molecule has 4 atom stereocenters. The molecule has 1 saturated carbocycles.